The molecule has 5 aromatic rings. The first-order chi connectivity index (χ1) is 22.9. The van der Waals surface area contributed by atoms with Crippen molar-refractivity contribution in [2.45, 2.75) is 32.5 Å². The molecule has 10 nitrogen and oxygen atoms in total. The molecular weight excluding hydrogens is 716 g/mol. The molecule has 1 amide bonds. The van der Waals surface area contributed by atoms with E-state index >= 15 is 0 Å². The number of halogens is 6. The van der Waals surface area contributed by atoms with Crippen molar-refractivity contribution in [3.8, 4) is 5.75 Å². The number of amides is 1. The van der Waals surface area contributed by atoms with E-state index < -0.39 is 23.3 Å². The van der Waals surface area contributed by atoms with Gasteiger partial charge in [-0.15, -0.1) is 11.3 Å². The number of hydrogen-bond acceptors (Lipinski definition) is 8. The van der Waals surface area contributed by atoms with Gasteiger partial charge < -0.3 is 19.4 Å². The fourth-order valence-electron chi connectivity index (χ4n) is 4.84. The molecule has 1 aliphatic rings. The molecule has 252 valence electrons. The van der Waals surface area contributed by atoms with E-state index in [9.17, 15) is 22.8 Å². The van der Waals surface area contributed by atoms with Crippen molar-refractivity contribution in [2.24, 2.45) is 4.99 Å². The van der Waals surface area contributed by atoms with Crippen LogP contribution in [0.4, 0.5) is 23.1 Å². The van der Waals surface area contributed by atoms with Gasteiger partial charge in [0.15, 0.2) is 5.75 Å². The van der Waals surface area contributed by atoms with Crippen molar-refractivity contribution in [1.82, 2.24) is 24.4 Å². The first-order valence-electron chi connectivity index (χ1n) is 14.3. The molecule has 0 saturated carbocycles. The Morgan fingerprint density at radius 2 is 1.94 bits per heavy atom. The minimum Gasteiger partial charge on any atom is -0.489 e. The van der Waals surface area contributed by atoms with Crippen molar-refractivity contribution in [3.63, 3.8) is 0 Å². The number of aromatic nitrogens is 4. The van der Waals surface area contributed by atoms with Crippen LogP contribution in [0.2, 0.25) is 15.1 Å². The smallest absolute Gasteiger partial charge is 0.418 e. The molecule has 0 fully saturated rings. The number of nitrogens with zero attached hydrogens (tertiary/aromatic N) is 5. The summed E-state index contributed by atoms with van der Waals surface area (Å²) in [4.78, 5) is 41.7. The minimum absolute atomic E-state index is 0.0573. The summed E-state index contributed by atoms with van der Waals surface area (Å²) in [5.74, 6) is 0.433. The number of alkyl halides is 3. The van der Waals surface area contributed by atoms with E-state index in [-0.39, 0.29) is 40.7 Å². The van der Waals surface area contributed by atoms with Gasteiger partial charge >= 0.3 is 12.2 Å². The lowest BCUT2D eigenvalue weighted by Crippen LogP contribution is -2.37. The van der Waals surface area contributed by atoms with Crippen LogP contribution in [0, 0.1) is 0 Å². The quantitative estimate of drug-likeness (QED) is 0.178. The van der Waals surface area contributed by atoms with Gasteiger partial charge in [0.1, 0.15) is 24.6 Å². The molecule has 0 spiro atoms. The van der Waals surface area contributed by atoms with Crippen molar-refractivity contribution >= 4 is 74.1 Å². The number of benzene rings is 2. The molecule has 0 aliphatic carbocycles. The van der Waals surface area contributed by atoms with Crippen molar-refractivity contribution in [1.29, 1.82) is 0 Å². The van der Waals surface area contributed by atoms with Crippen LogP contribution in [-0.4, -0.2) is 56.0 Å². The number of hydrogen-bond donors (Lipinski definition) is 1. The summed E-state index contributed by atoms with van der Waals surface area (Å²) in [6.07, 6.45) is 1.85. The summed E-state index contributed by atoms with van der Waals surface area (Å²) in [6.45, 7) is 4.92. The average Bonchev–Trinajstić information content (AvgIpc) is 3.81. The predicted molar refractivity (Wildman–Crippen MR) is 179 cm³/mol. The summed E-state index contributed by atoms with van der Waals surface area (Å²) in [7, 11) is 0. The maximum atomic E-state index is 13.2. The Labute approximate surface area is 290 Å². The van der Waals surface area contributed by atoms with E-state index in [2.05, 4.69) is 19.9 Å². The van der Waals surface area contributed by atoms with Crippen molar-refractivity contribution < 1.29 is 27.4 Å². The lowest BCUT2D eigenvalue weighted by molar-refractivity contribution is -0.136. The molecule has 4 heterocycles. The van der Waals surface area contributed by atoms with Gasteiger partial charge in [-0.2, -0.15) is 18.2 Å². The first-order valence-corrected chi connectivity index (χ1v) is 16.4. The molecular formula is C31H26Cl3F3N6O4S. The molecule has 1 unspecified atom stereocenters. The Morgan fingerprint density at radius 1 is 1.19 bits per heavy atom. The Bertz CT molecular complexity index is 1980. The number of H-pyrrole nitrogens is 1. The number of fused-ring (bicyclic) bond motifs is 2. The highest BCUT2D eigenvalue weighted by Crippen LogP contribution is 2.37. The molecule has 6 rings (SSSR count). The van der Waals surface area contributed by atoms with E-state index in [1.165, 1.54) is 34.4 Å². The molecule has 0 saturated heterocycles. The first kappa shape index (κ1) is 35.2. The molecule has 0 bridgehead atoms. The normalized spacial score (nSPS) is 14.8. The average molecular weight is 742 g/mol. The van der Waals surface area contributed by atoms with Crippen LogP contribution in [0.15, 0.2) is 70.4 Å². The molecule has 1 N–H and O–H groups in total. The van der Waals surface area contributed by atoms with Crippen LogP contribution in [0.25, 0.3) is 10.9 Å². The zero-order valence-electron chi connectivity index (χ0n) is 25.2. The number of imidazole rings is 1. The van der Waals surface area contributed by atoms with Gasteiger partial charge in [0.25, 0.3) is 0 Å². The third-order valence-corrected chi connectivity index (χ3v) is 8.40. The molecule has 1 atom stereocenters. The lowest BCUT2D eigenvalue weighted by atomic mass is 10.0. The monoisotopic (exact) mass is 740 g/mol. The van der Waals surface area contributed by atoms with Gasteiger partial charge in [0, 0.05) is 40.9 Å². The highest BCUT2D eigenvalue weighted by atomic mass is 35.5. The Morgan fingerprint density at radius 3 is 2.56 bits per heavy atom. The second-order valence-corrected chi connectivity index (χ2v) is 12.4. The number of carbonyl (C=O) groups is 1. The largest absolute Gasteiger partial charge is 0.489 e. The van der Waals surface area contributed by atoms with E-state index in [4.69, 9.17) is 44.3 Å². The summed E-state index contributed by atoms with van der Waals surface area (Å²) >= 11 is 19.3. The SMILES string of the molecule is CC1OC(=Nc2nccs2)c2c1[nH]c1c(C(F)(F)F)cccc1c2=O.CCCN(CCOc1c(Cl)cc(Cl)cc1Cl)C(=O)n1ccnc1. The van der Waals surface area contributed by atoms with Crippen LogP contribution in [-0.2, 0) is 10.9 Å². The molecule has 0 radical (unpaired) electrons. The van der Waals surface area contributed by atoms with Gasteiger partial charge in [0.05, 0.1) is 33.4 Å². The molecule has 3 aromatic heterocycles. The Kier molecular flexibility index (Phi) is 11.0. The second-order valence-electron chi connectivity index (χ2n) is 10.2. The van der Waals surface area contributed by atoms with Crippen LogP contribution < -0.4 is 10.2 Å². The lowest BCUT2D eigenvalue weighted by Gasteiger charge is -2.22. The topological polar surface area (TPSA) is 115 Å². The Hall–Kier alpha value is -4.11. The van der Waals surface area contributed by atoms with Gasteiger partial charge in [-0.1, -0.05) is 47.8 Å². The summed E-state index contributed by atoms with van der Waals surface area (Å²) in [5.41, 5.74) is -1.25. The predicted octanol–water partition coefficient (Wildman–Crippen LogP) is 8.78. The standard InChI is InChI=1S/C16H10F3N3O2S.C15H16Cl3N3O2/c1-7-11-10(14(24-7)22-15-20-5-6-25-15)13(23)8-3-2-4-9(12(8)21-11)16(17,18)19;1-2-4-20(15(22)21-5-3-19-10-21)6-7-23-14-12(17)8-11(16)9-13(14)18/h2-7H,1H3,(H,21,23);3,5,8-10H,2,4,6-7H2,1H3. The molecule has 1 aliphatic heterocycles. The van der Waals surface area contributed by atoms with Gasteiger partial charge in [0.2, 0.25) is 16.5 Å². The third kappa shape index (κ3) is 7.78. The molecule has 2 aromatic carbocycles. The van der Waals surface area contributed by atoms with Crippen molar-refractivity contribution in [2.75, 3.05) is 19.7 Å². The fourth-order valence-corrected chi connectivity index (χ4v) is 6.27. The fraction of sp³-hybridized carbons (Fsp3) is 0.258. The molecule has 17 heteroatoms. The maximum Gasteiger partial charge on any atom is 0.418 e. The van der Waals surface area contributed by atoms with E-state index in [1.807, 2.05) is 6.92 Å². The summed E-state index contributed by atoms with van der Waals surface area (Å²) in [6, 6.07) is 6.48. The number of thiazole rings is 1. The van der Waals surface area contributed by atoms with Crippen LogP contribution in [0.1, 0.15) is 43.2 Å². The van der Waals surface area contributed by atoms with Crippen LogP contribution >= 0.6 is 46.1 Å². The number of pyridine rings is 1. The number of rotatable bonds is 7. The second kappa shape index (κ2) is 15.0. The van der Waals surface area contributed by atoms with Gasteiger partial charge in [-0.25, -0.2) is 14.8 Å². The number of nitrogens with one attached hydrogen (secondary N) is 1. The van der Waals surface area contributed by atoms with E-state index in [1.54, 1.807) is 47.9 Å². The maximum absolute atomic E-state index is 13.2. The van der Waals surface area contributed by atoms with E-state index in [0.717, 1.165) is 12.5 Å². The number of ether oxygens (including phenoxy) is 2. The molecule has 48 heavy (non-hydrogen) atoms. The minimum atomic E-state index is -4.57. The highest BCUT2D eigenvalue weighted by Gasteiger charge is 2.36. The highest BCUT2D eigenvalue weighted by molar-refractivity contribution is 7.13. The number of carbonyl (C=O) groups excluding carboxylic acids is 1. The number of aromatic amines is 1. The van der Waals surface area contributed by atoms with Crippen LogP contribution in [0.3, 0.4) is 0 Å². The zero-order valence-corrected chi connectivity index (χ0v) is 28.3. The Balaban J connectivity index is 0.000000189. The zero-order chi connectivity index (χ0) is 34.6. The summed E-state index contributed by atoms with van der Waals surface area (Å²) in [5, 5.41) is 3.18. The van der Waals surface area contributed by atoms with Gasteiger partial charge in [-0.3, -0.25) is 9.36 Å². The van der Waals surface area contributed by atoms with Crippen molar-refractivity contribution in [3.05, 3.63) is 103 Å². The number of para-hydroxylation sites is 1. The van der Waals surface area contributed by atoms with Crippen LogP contribution in [0.5, 0.6) is 5.75 Å². The van der Waals surface area contributed by atoms with Gasteiger partial charge in [-0.05, 0) is 37.6 Å². The summed E-state index contributed by atoms with van der Waals surface area (Å²) < 4.78 is 52.4. The third-order valence-electron chi connectivity index (χ3n) is 6.96. The van der Waals surface area contributed by atoms with E-state index in [0.29, 0.717) is 39.0 Å². The number of aliphatic imine (C=N–C) groups is 1.